The predicted octanol–water partition coefficient (Wildman–Crippen LogP) is 1.58. The van der Waals surface area contributed by atoms with Gasteiger partial charge in [-0.25, -0.2) is 0 Å². The van der Waals surface area contributed by atoms with Crippen LogP contribution in [0.15, 0.2) is 34.2 Å². The van der Waals surface area contributed by atoms with Gasteiger partial charge in [0.25, 0.3) is 5.56 Å². The number of aromatic hydroxyl groups is 1. The number of aromatic amines is 1. The second kappa shape index (κ2) is 6.98. The van der Waals surface area contributed by atoms with Crippen LogP contribution >= 0.6 is 12.2 Å². The van der Waals surface area contributed by atoms with Gasteiger partial charge in [-0.3, -0.25) is 19.4 Å². The Morgan fingerprint density at radius 2 is 2.04 bits per heavy atom. The lowest BCUT2D eigenvalue weighted by Crippen LogP contribution is -2.32. The molecule has 7 nitrogen and oxygen atoms in total. The van der Waals surface area contributed by atoms with Crippen LogP contribution in [0.3, 0.4) is 0 Å². The van der Waals surface area contributed by atoms with Gasteiger partial charge in [0.2, 0.25) is 5.88 Å². The van der Waals surface area contributed by atoms with Crippen LogP contribution in [0.2, 0.25) is 0 Å². The van der Waals surface area contributed by atoms with Crippen LogP contribution < -0.4 is 5.56 Å². The number of aryl methyl sites for hydroxylation is 1. The number of hydrogen-bond donors (Lipinski definition) is 2. The first kappa shape index (κ1) is 16.4. The zero-order chi connectivity index (χ0) is 17.1. The van der Waals surface area contributed by atoms with E-state index in [0.29, 0.717) is 32.0 Å². The monoisotopic (exact) mass is 346 g/mol. The number of rotatable bonds is 3. The molecule has 1 aromatic carbocycles. The van der Waals surface area contributed by atoms with Crippen molar-refractivity contribution in [3.63, 3.8) is 0 Å². The third-order valence-electron chi connectivity index (χ3n) is 3.81. The van der Waals surface area contributed by atoms with Crippen LogP contribution in [0.1, 0.15) is 11.1 Å². The van der Waals surface area contributed by atoms with Crippen LogP contribution in [-0.2, 0) is 4.74 Å². The maximum Gasteiger partial charge on any atom is 0.264 e. The molecule has 3 rings (SSSR count). The first-order chi connectivity index (χ1) is 11.6. The van der Waals surface area contributed by atoms with Gasteiger partial charge in [0.05, 0.1) is 38.2 Å². The van der Waals surface area contributed by atoms with E-state index in [2.05, 4.69) is 10.1 Å². The Morgan fingerprint density at radius 1 is 1.33 bits per heavy atom. The van der Waals surface area contributed by atoms with Crippen molar-refractivity contribution in [2.24, 2.45) is 5.10 Å². The summed E-state index contributed by atoms with van der Waals surface area (Å²) in [5.41, 5.74) is 1.22. The standard InChI is InChI=1S/C16H18N4O3S/c1-11-4-2-3-5-13(11)20-15(22)12(14(21)18-16(20)24)10-17-19-6-8-23-9-7-19/h2-5,10,22H,6-9H2,1H3,(H,18,21,24)/b17-10+. The van der Waals surface area contributed by atoms with Crippen molar-refractivity contribution in [3.05, 3.63) is 50.5 Å². The van der Waals surface area contributed by atoms with E-state index in [1.54, 1.807) is 5.01 Å². The Kier molecular flexibility index (Phi) is 4.77. The highest BCUT2D eigenvalue weighted by atomic mass is 32.1. The Bertz CT molecular complexity index is 882. The molecule has 2 N–H and O–H groups in total. The highest BCUT2D eigenvalue weighted by Gasteiger charge is 2.14. The summed E-state index contributed by atoms with van der Waals surface area (Å²) in [7, 11) is 0. The highest BCUT2D eigenvalue weighted by molar-refractivity contribution is 7.71. The van der Waals surface area contributed by atoms with Crippen LogP contribution in [0.4, 0.5) is 0 Å². The molecular formula is C16H18N4O3S. The number of hydrogen-bond acceptors (Lipinski definition) is 6. The average Bonchev–Trinajstić information content (AvgIpc) is 2.57. The number of benzene rings is 1. The number of morpholine rings is 1. The molecule has 0 unspecified atom stereocenters. The Balaban J connectivity index is 2.06. The van der Waals surface area contributed by atoms with E-state index in [9.17, 15) is 9.90 Å². The normalized spacial score (nSPS) is 15.1. The molecule has 0 atom stereocenters. The second-order valence-corrected chi connectivity index (χ2v) is 5.82. The van der Waals surface area contributed by atoms with Crippen molar-refractivity contribution < 1.29 is 9.84 Å². The molecule has 1 aromatic heterocycles. The van der Waals surface area contributed by atoms with Crippen LogP contribution in [-0.4, -0.2) is 52.2 Å². The van der Waals surface area contributed by atoms with E-state index in [-0.39, 0.29) is 16.2 Å². The third-order valence-corrected chi connectivity index (χ3v) is 4.10. The largest absolute Gasteiger partial charge is 0.494 e. The summed E-state index contributed by atoms with van der Waals surface area (Å²) in [5.74, 6) is -0.227. The minimum Gasteiger partial charge on any atom is -0.494 e. The lowest BCUT2D eigenvalue weighted by molar-refractivity contribution is 0.0396. The van der Waals surface area contributed by atoms with Crippen molar-refractivity contribution >= 4 is 18.4 Å². The summed E-state index contributed by atoms with van der Waals surface area (Å²) < 4.78 is 6.83. The highest BCUT2D eigenvalue weighted by Crippen LogP contribution is 2.21. The van der Waals surface area contributed by atoms with Crippen molar-refractivity contribution in [1.29, 1.82) is 0 Å². The van der Waals surface area contributed by atoms with Gasteiger partial charge in [0.15, 0.2) is 4.77 Å². The third kappa shape index (κ3) is 3.24. The van der Waals surface area contributed by atoms with Gasteiger partial charge in [-0.1, -0.05) is 18.2 Å². The van der Waals surface area contributed by atoms with E-state index in [1.165, 1.54) is 10.8 Å². The first-order valence-corrected chi connectivity index (χ1v) is 7.99. The molecule has 0 amide bonds. The zero-order valence-corrected chi connectivity index (χ0v) is 14.0. The summed E-state index contributed by atoms with van der Waals surface area (Å²) in [6, 6.07) is 7.47. The SMILES string of the molecule is Cc1ccccc1-n1c(O)c(/C=N/N2CCOCC2)c(=O)[nH]c1=S. The molecule has 1 saturated heterocycles. The molecule has 0 bridgehead atoms. The molecule has 1 aliphatic heterocycles. The lowest BCUT2D eigenvalue weighted by Gasteiger charge is -2.23. The number of nitrogens with zero attached hydrogens (tertiary/aromatic N) is 3. The quantitative estimate of drug-likeness (QED) is 0.651. The summed E-state index contributed by atoms with van der Waals surface area (Å²) in [4.78, 5) is 14.8. The smallest absolute Gasteiger partial charge is 0.264 e. The van der Waals surface area contributed by atoms with Gasteiger partial charge in [-0.05, 0) is 30.8 Å². The molecule has 24 heavy (non-hydrogen) atoms. The molecule has 1 fully saturated rings. The van der Waals surface area contributed by atoms with Gasteiger partial charge in [-0.2, -0.15) is 5.10 Å². The number of aromatic nitrogens is 2. The fourth-order valence-corrected chi connectivity index (χ4v) is 2.78. The fourth-order valence-electron chi connectivity index (χ4n) is 2.50. The number of para-hydroxylation sites is 1. The number of hydrazone groups is 1. The first-order valence-electron chi connectivity index (χ1n) is 7.59. The van der Waals surface area contributed by atoms with E-state index < -0.39 is 5.56 Å². The Morgan fingerprint density at radius 3 is 2.75 bits per heavy atom. The van der Waals surface area contributed by atoms with Crippen molar-refractivity contribution in [2.45, 2.75) is 6.92 Å². The lowest BCUT2D eigenvalue weighted by atomic mass is 10.2. The summed E-state index contributed by atoms with van der Waals surface area (Å²) >= 11 is 5.21. The van der Waals surface area contributed by atoms with Gasteiger partial charge < -0.3 is 9.84 Å². The van der Waals surface area contributed by atoms with E-state index in [0.717, 1.165) is 5.56 Å². The number of H-pyrrole nitrogens is 1. The summed E-state index contributed by atoms with van der Waals surface area (Å²) in [6.07, 6.45) is 1.36. The topological polar surface area (TPSA) is 82.8 Å². The van der Waals surface area contributed by atoms with Crippen LogP contribution in [0.5, 0.6) is 5.88 Å². The molecule has 126 valence electrons. The molecule has 0 spiro atoms. The molecule has 2 heterocycles. The van der Waals surface area contributed by atoms with Crippen molar-refractivity contribution in [1.82, 2.24) is 14.6 Å². The van der Waals surface area contributed by atoms with Gasteiger partial charge in [-0.15, -0.1) is 0 Å². The average molecular weight is 346 g/mol. The Hall–Kier alpha value is -2.45. The van der Waals surface area contributed by atoms with E-state index >= 15 is 0 Å². The van der Waals surface area contributed by atoms with E-state index in [1.807, 2.05) is 31.2 Å². The van der Waals surface area contributed by atoms with Crippen molar-refractivity contribution in [2.75, 3.05) is 26.3 Å². The van der Waals surface area contributed by atoms with Crippen molar-refractivity contribution in [3.8, 4) is 11.6 Å². The Labute approximate surface area is 143 Å². The van der Waals surface area contributed by atoms with Gasteiger partial charge >= 0.3 is 0 Å². The predicted molar refractivity (Wildman–Crippen MR) is 93.6 cm³/mol. The molecule has 2 aromatic rings. The number of ether oxygens (including phenoxy) is 1. The van der Waals surface area contributed by atoms with Crippen LogP contribution in [0.25, 0.3) is 5.69 Å². The molecule has 8 heteroatoms. The van der Waals surface area contributed by atoms with Crippen LogP contribution in [0, 0.1) is 11.7 Å². The van der Waals surface area contributed by atoms with Gasteiger partial charge in [0.1, 0.15) is 5.56 Å². The minimum absolute atomic E-state index is 0.0679. The molecule has 0 saturated carbocycles. The molecule has 1 aliphatic rings. The second-order valence-electron chi connectivity index (χ2n) is 5.43. The fraction of sp³-hybridized carbons (Fsp3) is 0.312. The number of nitrogens with one attached hydrogen (secondary N) is 1. The maximum atomic E-state index is 12.2. The summed E-state index contributed by atoms with van der Waals surface area (Å²) in [5, 5.41) is 16.7. The van der Waals surface area contributed by atoms with Gasteiger partial charge in [0, 0.05) is 0 Å². The zero-order valence-electron chi connectivity index (χ0n) is 13.2. The maximum absolute atomic E-state index is 12.2. The molecular weight excluding hydrogens is 328 g/mol. The molecule has 0 radical (unpaired) electrons. The molecule has 0 aliphatic carbocycles. The summed E-state index contributed by atoms with van der Waals surface area (Å²) in [6.45, 7) is 4.38. The minimum atomic E-state index is -0.473. The van der Waals surface area contributed by atoms with E-state index in [4.69, 9.17) is 17.0 Å².